The minimum absolute atomic E-state index is 0.0126. The maximum absolute atomic E-state index is 13.8. The maximum Gasteiger partial charge on any atom is 0.258 e. The number of aliphatic hydroxyl groups excluding tert-OH is 1. The Labute approximate surface area is 266 Å². The van der Waals surface area contributed by atoms with Crippen molar-refractivity contribution in [2.24, 2.45) is 5.92 Å². The van der Waals surface area contributed by atoms with Crippen LogP contribution in [-0.2, 0) is 16.1 Å². The van der Waals surface area contributed by atoms with Gasteiger partial charge in [-0.2, -0.15) is 0 Å². The van der Waals surface area contributed by atoms with Crippen LogP contribution in [-0.4, -0.2) is 103 Å². The maximum atomic E-state index is 13.8. The Hall–Kier alpha value is -3.76. The predicted molar refractivity (Wildman–Crippen MR) is 176 cm³/mol. The first-order chi connectivity index (χ1) is 21.8. The van der Waals surface area contributed by atoms with Crippen LogP contribution in [0, 0.1) is 5.92 Å². The monoisotopic (exact) mass is 614 g/mol. The molecule has 0 unspecified atom stereocenters. The lowest BCUT2D eigenvalue weighted by atomic mass is 9.99. The summed E-state index contributed by atoms with van der Waals surface area (Å²) in [5, 5.41) is 13.0. The highest BCUT2D eigenvalue weighted by Crippen LogP contribution is 2.31. The molecule has 240 valence electrons. The zero-order valence-electron chi connectivity index (χ0n) is 26.7. The summed E-state index contributed by atoms with van der Waals surface area (Å²) in [4.78, 5) is 32.8. The second-order valence-electron chi connectivity index (χ2n) is 12.3. The zero-order valence-corrected chi connectivity index (χ0v) is 26.7. The lowest BCUT2D eigenvalue weighted by Gasteiger charge is -2.38. The van der Waals surface area contributed by atoms with Gasteiger partial charge in [0, 0.05) is 57.3 Å². The smallest absolute Gasteiger partial charge is 0.258 e. The Morgan fingerprint density at radius 3 is 2.47 bits per heavy atom. The number of anilines is 1. The summed E-state index contributed by atoms with van der Waals surface area (Å²) < 4.78 is 12.0. The Bertz CT molecular complexity index is 1410. The van der Waals surface area contributed by atoms with Crippen LogP contribution >= 0.6 is 0 Å². The summed E-state index contributed by atoms with van der Waals surface area (Å²) >= 11 is 0. The van der Waals surface area contributed by atoms with Gasteiger partial charge in [-0.1, -0.05) is 61.5 Å². The second-order valence-corrected chi connectivity index (χ2v) is 12.3. The van der Waals surface area contributed by atoms with Crippen LogP contribution in [0.5, 0.6) is 5.75 Å². The molecule has 9 heteroatoms. The molecule has 2 heterocycles. The van der Waals surface area contributed by atoms with Crippen molar-refractivity contribution in [1.82, 2.24) is 14.7 Å². The van der Waals surface area contributed by atoms with Crippen LogP contribution < -0.4 is 10.1 Å². The number of hydrogen-bond acceptors (Lipinski definition) is 7. The number of fused-ring (bicyclic) bond motifs is 1. The molecular formula is C36H46N4O5. The lowest BCUT2D eigenvalue weighted by Crippen LogP contribution is -2.49. The number of carbonyl (C=O) groups excluding carboxylic acids is 2. The summed E-state index contributed by atoms with van der Waals surface area (Å²) in [5.41, 5.74) is 4.52. The van der Waals surface area contributed by atoms with Crippen LogP contribution in [0.25, 0.3) is 11.1 Å². The fourth-order valence-corrected chi connectivity index (χ4v) is 5.94. The quantitative estimate of drug-likeness (QED) is 0.331. The minimum atomic E-state index is -0.362. The molecule has 2 aliphatic rings. The van der Waals surface area contributed by atoms with Crippen molar-refractivity contribution >= 4 is 17.5 Å². The van der Waals surface area contributed by atoms with Gasteiger partial charge in [0.15, 0.2) is 0 Å². The molecule has 5 rings (SSSR count). The van der Waals surface area contributed by atoms with Crippen LogP contribution in [0.1, 0.15) is 36.2 Å². The first-order valence-electron chi connectivity index (χ1n) is 16.0. The molecule has 45 heavy (non-hydrogen) atoms. The number of rotatable bonds is 11. The van der Waals surface area contributed by atoms with Crippen LogP contribution in [0.2, 0.25) is 0 Å². The number of nitrogens with one attached hydrogen (secondary N) is 1. The molecule has 3 atom stereocenters. The van der Waals surface area contributed by atoms with Gasteiger partial charge in [0.25, 0.3) is 5.91 Å². The van der Waals surface area contributed by atoms with E-state index in [0.717, 1.165) is 19.6 Å². The molecular weight excluding hydrogens is 568 g/mol. The number of hydrogen-bond donors (Lipinski definition) is 2. The van der Waals surface area contributed by atoms with Gasteiger partial charge in [-0.05, 0) is 48.9 Å². The fraction of sp³-hybridized carbons (Fsp3) is 0.444. The molecule has 0 saturated carbocycles. The predicted octanol–water partition coefficient (Wildman–Crippen LogP) is 4.37. The molecule has 3 aromatic carbocycles. The lowest BCUT2D eigenvalue weighted by molar-refractivity contribution is -0.116. The van der Waals surface area contributed by atoms with E-state index in [1.165, 1.54) is 16.7 Å². The van der Waals surface area contributed by atoms with Crippen molar-refractivity contribution in [3.63, 3.8) is 0 Å². The molecule has 2 amide bonds. The molecule has 9 nitrogen and oxygen atoms in total. The second kappa shape index (κ2) is 15.5. The Balaban J connectivity index is 1.28. The first kappa shape index (κ1) is 32.6. The van der Waals surface area contributed by atoms with E-state index in [-0.39, 0.29) is 36.5 Å². The SMILES string of the molecule is C[C@H]1CN([C@@H](C)CO)C(=O)c2cc(NC(=O)CCN3CCOCC3)ccc2O[C@@H]1CN(C)Cc1ccc(-c2ccccc2)cc1. The normalized spacial score (nSPS) is 19.8. The van der Waals surface area contributed by atoms with Crippen LogP contribution in [0.15, 0.2) is 72.8 Å². The molecule has 0 aromatic heterocycles. The Morgan fingerprint density at radius 1 is 1.04 bits per heavy atom. The number of benzene rings is 3. The van der Waals surface area contributed by atoms with Crippen molar-refractivity contribution in [2.75, 3.05) is 64.9 Å². The summed E-state index contributed by atoms with van der Waals surface area (Å²) in [6.45, 7) is 9.33. The topological polar surface area (TPSA) is 94.6 Å². The number of ether oxygens (including phenoxy) is 2. The van der Waals surface area contributed by atoms with E-state index in [1.807, 2.05) is 25.1 Å². The van der Waals surface area contributed by atoms with E-state index in [0.29, 0.717) is 56.3 Å². The van der Waals surface area contributed by atoms with E-state index >= 15 is 0 Å². The summed E-state index contributed by atoms with van der Waals surface area (Å²) in [5.74, 6) is 0.177. The van der Waals surface area contributed by atoms with Gasteiger partial charge < -0.3 is 24.8 Å². The number of likely N-dealkylation sites (N-methyl/N-ethyl adjacent to an activating group) is 1. The molecule has 2 N–H and O–H groups in total. The van der Waals surface area contributed by atoms with E-state index < -0.39 is 0 Å². The highest BCUT2D eigenvalue weighted by molar-refractivity contribution is 6.00. The van der Waals surface area contributed by atoms with Gasteiger partial charge >= 0.3 is 0 Å². The standard InChI is InChI=1S/C36H46N4O5/c1-26-22-40(27(2)25-41)36(43)32-21-31(37-35(42)15-16-39-17-19-44-20-18-39)13-14-33(32)45-34(26)24-38(3)23-28-9-11-30(12-10-28)29-7-5-4-6-8-29/h4-14,21,26-27,34,41H,15-20,22-25H2,1-3H3,(H,37,42)/t26-,27-,34+/m0/s1. The average Bonchev–Trinajstić information content (AvgIpc) is 3.06. The molecule has 1 saturated heterocycles. The van der Waals surface area contributed by atoms with Gasteiger partial charge in [-0.3, -0.25) is 19.4 Å². The first-order valence-corrected chi connectivity index (χ1v) is 16.0. The molecule has 0 aliphatic carbocycles. The molecule has 0 spiro atoms. The van der Waals surface area contributed by atoms with Gasteiger partial charge in [-0.25, -0.2) is 0 Å². The third kappa shape index (κ3) is 8.70. The number of amides is 2. The molecule has 1 fully saturated rings. The highest BCUT2D eigenvalue weighted by Gasteiger charge is 2.33. The molecule has 2 aliphatic heterocycles. The van der Waals surface area contributed by atoms with E-state index in [9.17, 15) is 14.7 Å². The zero-order chi connectivity index (χ0) is 31.8. The molecule has 0 bridgehead atoms. The third-order valence-electron chi connectivity index (χ3n) is 8.71. The van der Waals surface area contributed by atoms with E-state index in [2.05, 4.69) is 65.5 Å². The van der Waals surface area contributed by atoms with Gasteiger partial charge in [0.05, 0.1) is 31.4 Å². The van der Waals surface area contributed by atoms with E-state index in [4.69, 9.17) is 9.47 Å². The summed E-state index contributed by atoms with van der Waals surface area (Å²) in [7, 11) is 2.08. The summed E-state index contributed by atoms with van der Waals surface area (Å²) in [6.07, 6.45) is 0.156. The fourth-order valence-electron chi connectivity index (χ4n) is 5.94. The average molecular weight is 615 g/mol. The van der Waals surface area contributed by atoms with Crippen molar-refractivity contribution in [2.45, 2.75) is 39.0 Å². The van der Waals surface area contributed by atoms with Crippen LogP contribution in [0.4, 0.5) is 5.69 Å². The Kier molecular flexibility index (Phi) is 11.2. The third-order valence-corrected chi connectivity index (χ3v) is 8.71. The van der Waals surface area contributed by atoms with Gasteiger partial charge in [-0.15, -0.1) is 0 Å². The van der Waals surface area contributed by atoms with Gasteiger partial charge in [0.1, 0.15) is 11.9 Å². The number of aliphatic hydroxyl groups is 1. The highest BCUT2D eigenvalue weighted by atomic mass is 16.5. The van der Waals surface area contributed by atoms with Crippen molar-refractivity contribution in [3.8, 4) is 16.9 Å². The summed E-state index contributed by atoms with van der Waals surface area (Å²) in [6, 6.07) is 23.9. The Morgan fingerprint density at radius 2 is 1.76 bits per heavy atom. The number of carbonyl (C=O) groups is 2. The largest absolute Gasteiger partial charge is 0.488 e. The minimum Gasteiger partial charge on any atom is -0.488 e. The molecule has 3 aromatic rings. The molecule has 0 radical (unpaired) electrons. The van der Waals surface area contributed by atoms with Crippen molar-refractivity contribution < 1.29 is 24.2 Å². The number of morpholine rings is 1. The van der Waals surface area contributed by atoms with Crippen molar-refractivity contribution in [1.29, 1.82) is 0 Å². The number of nitrogens with zero attached hydrogens (tertiary/aromatic N) is 3. The van der Waals surface area contributed by atoms with Crippen LogP contribution in [0.3, 0.4) is 0 Å². The van der Waals surface area contributed by atoms with Gasteiger partial charge in [0.2, 0.25) is 5.91 Å². The van der Waals surface area contributed by atoms with Crippen molar-refractivity contribution in [3.05, 3.63) is 83.9 Å². The van der Waals surface area contributed by atoms with E-state index in [1.54, 1.807) is 23.1 Å².